The summed E-state index contributed by atoms with van der Waals surface area (Å²) in [5.41, 5.74) is 3.46. The number of carbonyl (C=O) groups is 1. The molecule has 20 heavy (non-hydrogen) atoms. The van der Waals surface area contributed by atoms with Gasteiger partial charge in [-0.25, -0.2) is 0 Å². The van der Waals surface area contributed by atoms with Gasteiger partial charge in [0, 0.05) is 35.9 Å². The van der Waals surface area contributed by atoms with E-state index in [-0.39, 0.29) is 5.91 Å². The number of nitrogens with zero attached hydrogens (tertiary/aromatic N) is 1. The Labute approximate surface area is 125 Å². The van der Waals surface area contributed by atoms with Gasteiger partial charge in [-0.15, -0.1) is 12.6 Å². The lowest BCUT2D eigenvalue weighted by Gasteiger charge is -2.13. The topological polar surface area (TPSA) is 32.3 Å². The number of carbonyl (C=O) groups excluding carboxylic acids is 1. The Morgan fingerprint density at radius 2 is 1.75 bits per heavy atom. The third kappa shape index (κ3) is 3.33. The molecule has 0 saturated carbocycles. The van der Waals surface area contributed by atoms with E-state index in [1.807, 2.05) is 62.3 Å². The molecule has 1 amide bonds. The molecule has 0 fully saturated rings. The number of hydrogen-bond donors (Lipinski definition) is 2. The lowest BCUT2D eigenvalue weighted by Crippen LogP contribution is -2.14. The molecule has 0 atom stereocenters. The lowest BCUT2D eigenvalue weighted by molar-refractivity contribution is 0.102. The smallest absolute Gasteiger partial charge is 0.255 e. The standard InChI is InChI=1S/C16H18N2OS/c1-11-4-9-14(20)10-15(11)16(19)17-12-5-7-13(8-6-12)18(2)3/h4-10,20H,1-3H3,(H,17,19). The Morgan fingerprint density at radius 1 is 1.10 bits per heavy atom. The summed E-state index contributed by atoms with van der Waals surface area (Å²) >= 11 is 4.27. The molecule has 0 aliphatic heterocycles. The molecule has 0 heterocycles. The zero-order chi connectivity index (χ0) is 14.7. The summed E-state index contributed by atoms with van der Waals surface area (Å²) in [7, 11) is 3.96. The van der Waals surface area contributed by atoms with Crippen molar-refractivity contribution in [1.29, 1.82) is 0 Å². The van der Waals surface area contributed by atoms with E-state index in [0.29, 0.717) is 5.56 Å². The fourth-order valence-electron chi connectivity index (χ4n) is 1.90. The summed E-state index contributed by atoms with van der Waals surface area (Å²) in [6.45, 7) is 1.91. The molecule has 0 aliphatic carbocycles. The van der Waals surface area contributed by atoms with Crippen LogP contribution in [0.1, 0.15) is 15.9 Å². The molecule has 4 heteroatoms. The van der Waals surface area contributed by atoms with Crippen LogP contribution in [0.3, 0.4) is 0 Å². The lowest BCUT2D eigenvalue weighted by atomic mass is 10.1. The minimum absolute atomic E-state index is 0.115. The second kappa shape index (κ2) is 6.01. The molecule has 2 aromatic carbocycles. The van der Waals surface area contributed by atoms with E-state index >= 15 is 0 Å². The van der Waals surface area contributed by atoms with E-state index in [0.717, 1.165) is 21.8 Å². The van der Waals surface area contributed by atoms with Crippen LogP contribution in [0, 0.1) is 6.92 Å². The fourth-order valence-corrected chi connectivity index (χ4v) is 2.10. The Bertz CT molecular complexity index is 621. The van der Waals surface area contributed by atoms with Gasteiger partial charge in [0.25, 0.3) is 5.91 Å². The van der Waals surface area contributed by atoms with Gasteiger partial charge in [0.15, 0.2) is 0 Å². The number of benzene rings is 2. The summed E-state index contributed by atoms with van der Waals surface area (Å²) in [4.78, 5) is 15.0. The molecule has 3 nitrogen and oxygen atoms in total. The number of hydrogen-bond acceptors (Lipinski definition) is 3. The van der Waals surface area contributed by atoms with Crippen molar-refractivity contribution < 1.29 is 4.79 Å². The highest BCUT2D eigenvalue weighted by molar-refractivity contribution is 7.80. The van der Waals surface area contributed by atoms with Crippen LogP contribution >= 0.6 is 12.6 Å². The number of amides is 1. The first-order valence-corrected chi connectivity index (χ1v) is 6.80. The SMILES string of the molecule is Cc1ccc(S)cc1C(=O)Nc1ccc(N(C)C)cc1. The van der Waals surface area contributed by atoms with E-state index in [1.54, 1.807) is 6.07 Å². The minimum atomic E-state index is -0.115. The van der Waals surface area contributed by atoms with Crippen LogP contribution in [-0.4, -0.2) is 20.0 Å². The highest BCUT2D eigenvalue weighted by Crippen LogP contribution is 2.18. The van der Waals surface area contributed by atoms with Crippen molar-refractivity contribution in [2.45, 2.75) is 11.8 Å². The van der Waals surface area contributed by atoms with Crippen molar-refractivity contribution in [2.75, 3.05) is 24.3 Å². The molecular weight excluding hydrogens is 268 g/mol. The van der Waals surface area contributed by atoms with Gasteiger partial charge >= 0.3 is 0 Å². The monoisotopic (exact) mass is 286 g/mol. The normalized spacial score (nSPS) is 10.2. The van der Waals surface area contributed by atoms with Gasteiger partial charge in [0.05, 0.1) is 0 Å². The molecule has 0 radical (unpaired) electrons. The Morgan fingerprint density at radius 3 is 2.35 bits per heavy atom. The molecule has 0 aliphatic rings. The van der Waals surface area contributed by atoms with Gasteiger partial charge in [-0.1, -0.05) is 6.07 Å². The molecule has 0 spiro atoms. The second-order valence-electron chi connectivity index (χ2n) is 4.89. The van der Waals surface area contributed by atoms with Crippen LogP contribution in [-0.2, 0) is 0 Å². The highest BCUT2D eigenvalue weighted by atomic mass is 32.1. The van der Waals surface area contributed by atoms with E-state index in [9.17, 15) is 4.79 Å². The quantitative estimate of drug-likeness (QED) is 0.845. The van der Waals surface area contributed by atoms with E-state index in [1.165, 1.54) is 0 Å². The minimum Gasteiger partial charge on any atom is -0.378 e. The van der Waals surface area contributed by atoms with Gasteiger partial charge in [-0.2, -0.15) is 0 Å². The summed E-state index contributed by atoms with van der Waals surface area (Å²) in [5, 5.41) is 2.90. The van der Waals surface area contributed by atoms with Crippen LogP contribution in [0.15, 0.2) is 47.4 Å². The predicted octanol–water partition coefficient (Wildman–Crippen LogP) is 3.60. The summed E-state index contributed by atoms with van der Waals surface area (Å²) < 4.78 is 0. The Balaban J connectivity index is 2.17. The third-order valence-corrected chi connectivity index (χ3v) is 3.39. The van der Waals surface area contributed by atoms with Crippen LogP contribution in [0.2, 0.25) is 0 Å². The van der Waals surface area contributed by atoms with Crippen molar-refractivity contribution in [3.05, 3.63) is 53.6 Å². The molecule has 104 valence electrons. The molecule has 0 aromatic heterocycles. The second-order valence-corrected chi connectivity index (χ2v) is 5.41. The maximum atomic E-state index is 12.3. The summed E-state index contributed by atoms with van der Waals surface area (Å²) in [6, 6.07) is 13.3. The number of thiol groups is 1. The third-order valence-electron chi connectivity index (χ3n) is 3.11. The molecule has 0 bridgehead atoms. The van der Waals surface area contributed by atoms with Crippen molar-refractivity contribution in [1.82, 2.24) is 0 Å². The average molecular weight is 286 g/mol. The van der Waals surface area contributed by atoms with Gasteiger partial charge in [0.2, 0.25) is 0 Å². The zero-order valence-electron chi connectivity index (χ0n) is 11.8. The molecular formula is C16H18N2OS. The van der Waals surface area contributed by atoms with Crippen LogP contribution in [0.5, 0.6) is 0 Å². The first-order valence-electron chi connectivity index (χ1n) is 6.36. The summed E-state index contributed by atoms with van der Waals surface area (Å²) in [6.07, 6.45) is 0. The van der Waals surface area contributed by atoms with E-state index < -0.39 is 0 Å². The largest absolute Gasteiger partial charge is 0.378 e. The van der Waals surface area contributed by atoms with Crippen molar-refractivity contribution in [3.8, 4) is 0 Å². The van der Waals surface area contributed by atoms with Crippen molar-refractivity contribution in [2.24, 2.45) is 0 Å². The molecule has 0 unspecified atom stereocenters. The van der Waals surface area contributed by atoms with Crippen LogP contribution in [0.4, 0.5) is 11.4 Å². The van der Waals surface area contributed by atoms with Gasteiger partial charge < -0.3 is 10.2 Å². The maximum Gasteiger partial charge on any atom is 0.255 e. The number of rotatable bonds is 3. The van der Waals surface area contributed by atoms with E-state index in [4.69, 9.17) is 0 Å². The zero-order valence-corrected chi connectivity index (χ0v) is 12.7. The Hall–Kier alpha value is -1.94. The molecule has 2 rings (SSSR count). The highest BCUT2D eigenvalue weighted by Gasteiger charge is 2.09. The molecule has 2 aromatic rings. The summed E-state index contributed by atoms with van der Waals surface area (Å²) in [5.74, 6) is -0.115. The molecule has 1 N–H and O–H groups in total. The average Bonchev–Trinajstić information content (AvgIpc) is 2.42. The van der Waals surface area contributed by atoms with Gasteiger partial charge in [-0.05, 0) is 48.9 Å². The first-order chi connectivity index (χ1) is 9.47. The fraction of sp³-hybridized carbons (Fsp3) is 0.188. The predicted molar refractivity (Wildman–Crippen MR) is 87.2 cm³/mol. The van der Waals surface area contributed by atoms with Crippen LogP contribution in [0.25, 0.3) is 0 Å². The number of nitrogens with one attached hydrogen (secondary N) is 1. The molecule has 0 saturated heterocycles. The van der Waals surface area contributed by atoms with E-state index in [2.05, 4.69) is 17.9 Å². The number of anilines is 2. The van der Waals surface area contributed by atoms with Crippen LogP contribution < -0.4 is 10.2 Å². The van der Waals surface area contributed by atoms with Gasteiger partial charge in [0.1, 0.15) is 0 Å². The van der Waals surface area contributed by atoms with Crippen molar-refractivity contribution >= 4 is 29.9 Å². The van der Waals surface area contributed by atoms with Crippen molar-refractivity contribution in [3.63, 3.8) is 0 Å². The number of aryl methyl sites for hydroxylation is 1. The first kappa shape index (κ1) is 14.5. The Kier molecular flexibility index (Phi) is 4.35. The maximum absolute atomic E-state index is 12.3. The van der Waals surface area contributed by atoms with Gasteiger partial charge in [-0.3, -0.25) is 4.79 Å².